The number of allylic oxidation sites excluding steroid dienone is 1. The minimum Gasteiger partial charge on any atom is -0.496 e. The van der Waals surface area contributed by atoms with E-state index >= 15 is 0 Å². The van der Waals surface area contributed by atoms with Crippen LogP contribution in [0.25, 0.3) is 6.08 Å². The lowest BCUT2D eigenvalue weighted by Gasteiger charge is -2.11. The number of carbonyl (C=O) groups is 1. The maximum absolute atomic E-state index is 12.7. The van der Waals surface area contributed by atoms with Gasteiger partial charge >= 0.3 is 0 Å². The summed E-state index contributed by atoms with van der Waals surface area (Å²) in [7, 11) is 1.63. The standard InChI is InChI=1S/C29H24O5S/c1-31-26-12-8-21(15-22(26)18-32-23-9-13-27-28(17-23)34-19-33-27)7-11-25(30)29-14-10-24(35-29)16-20-5-3-2-4-6-20/h2-15,17H,16,18-19H2,1H3/b11-7+. The Labute approximate surface area is 208 Å². The SMILES string of the molecule is COc1ccc(/C=C/C(=O)c2ccc(Cc3ccccc3)s2)cc1COc1ccc2c(c1)OCO2. The van der Waals surface area contributed by atoms with E-state index in [2.05, 4.69) is 12.1 Å². The van der Waals surface area contributed by atoms with Gasteiger partial charge in [0.15, 0.2) is 17.3 Å². The summed E-state index contributed by atoms with van der Waals surface area (Å²) in [5.74, 6) is 2.77. The van der Waals surface area contributed by atoms with Gasteiger partial charge in [-0.3, -0.25) is 4.79 Å². The second-order valence-corrected chi connectivity index (χ2v) is 9.17. The Balaban J connectivity index is 1.25. The molecule has 0 aliphatic carbocycles. The monoisotopic (exact) mass is 484 g/mol. The fraction of sp³-hybridized carbons (Fsp3) is 0.138. The van der Waals surface area contributed by atoms with Crippen molar-refractivity contribution in [2.75, 3.05) is 13.9 Å². The fourth-order valence-corrected chi connectivity index (χ4v) is 4.76. The molecule has 0 unspecified atom stereocenters. The fourth-order valence-electron chi connectivity index (χ4n) is 3.80. The van der Waals surface area contributed by atoms with Gasteiger partial charge in [0.1, 0.15) is 18.1 Å². The van der Waals surface area contributed by atoms with E-state index in [0.717, 1.165) is 28.2 Å². The molecular weight excluding hydrogens is 460 g/mol. The maximum atomic E-state index is 12.7. The van der Waals surface area contributed by atoms with Crippen LogP contribution in [0, 0.1) is 0 Å². The van der Waals surface area contributed by atoms with E-state index in [1.54, 1.807) is 13.2 Å². The lowest BCUT2D eigenvalue weighted by molar-refractivity contribution is 0.105. The van der Waals surface area contributed by atoms with Crippen LogP contribution in [0.5, 0.6) is 23.0 Å². The predicted molar refractivity (Wildman–Crippen MR) is 137 cm³/mol. The van der Waals surface area contributed by atoms with Crippen molar-refractivity contribution in [1.82, 2.24) is 0 Å². The van der Waals surface area contributed by atoms with E-state index in [4.69, 9.17) is 18.9 Å². The Hall–Kier alpha value is -4.03. The molecule has 35 heavy (non-hydrogen) atoms. The molecule has 0 spiro atoms. The Morgan fingerprint density at radius 1 is 0.971 bits per heavy atom. The molecule has 5 rings (SSSR count). The van der Waals surface area contributed by atoms with Gasteiger partial charge in [-0.2, -0.15) is 0 Å². The van der Waals surface area contributed by atoms with E-state index in [0.29, 0.717) is 23.9 Å². The van der Waals surface area contributed by atoms with Crippen LogP contribution in [0.15, 0.2) is 84.9 Å². The number of benzene rings is 3. The van der Waals surface area contributed by atoms with Crippen molar-refractivity contribution < 1.29 is 23.7 Å². The highest BCUT2D eigenvalue weighted by atomic mass is 32.1. The number of methoxy groups -OCH3 is 1. The van der Waals surface area contributed by atoms with E-state index in [1.807, 2.05) is 72.8 Å². The number of thiophene rings is 1. The second kappa shape index (κ2) is 10.5. The smallest absolute Gasteiger partial charge is 0.231 e. The number of carbonyl (C=O) groups excluding carboxylic acids is 1. The molecule has 0 bridgehead atoms. The zero-order chi connectivity index (χ0) is 24.0. The number of rotatable bonds is 9. The summed E-state index contributed by atoms with van der Waals surface area (Å²) < 4.78 is 22.2. The predicted octanol–water partition coefficient (Wildman–Crippen LogP) is 6.55. The molecule has 0 radical (unpaired) electrons. The summed E-state index contributed by atoms with van der Waals surface area (Å²) >= 11 is 1.53. The molecule has 3 aromatic carbocycles. The van der Waals surface area contributed by atoms with Crippen molar-refractivity contribution in [3.05, 3.63) is 111 Å². The zero-order valence-corrected chi connectivity index (χ0v) is 20.0. The Morgan fingerprint density at radius 2 is 1.83 bits per heavy atom. The van der Waals surface area contributed by atoms with Gasteiger partial charge in [0.05, 0.1) is 12.0 Å². The van der Waals surface area contributed by atoms with Gasteiger partial charge in [0.25, 0.3) is 0 Å². The topological polar surface area (TPSA) is 54.0 Å². The summed E-state index contributed by atoms with van der Waals surface area (Å²) in [6.45, 7) is 0.533. The Morgan fingerprint density at radius 3 is 2.69 bits per heavy atom. The lowest BCUT2D eigenvalue weighted by atomic mass is 10.1. The second-order valence-electron chi connectivity index (χ2n) is 8.00. The maximum Gasteiger partial charge on any atom is 0.231 e. The van der Waals surface area contributed by atoms with Crippen LogP contribution in [-0.4, -0.2) is 19.7 Å². The molecule has 0 fully saturated rings. The summed E-state index contributed by atoms with van der Waals surface area (Å²) in [6.07, 6.45) is 4.26. The first-order chi connectivity index (χ1) is 17.2. The summed E-state index contributed by atoms with van der Waals surface area (Å²) in [6, 6.07) is 25.4. The van der Waals surface area contributed by atoms with Crippen molar-refractivity contribution in [2.45, 2.75) is 13.0 Å². The average Bonchev–Trinajstić information content (AvgIpc) is 3.56. The van der Waals surface area contributed by atoms with Gasteiger partial charge in [-0.25, -0.2) is 0 Å². The molecule has 0 saturated carbocycles. The van der Waals surface area contributed by atoms with Crippen LogP contribution < -0.4 is 18.9 Å². The van der Waals surface area contributed by atoms with Crippen LogP contribution in [0.1, 0.15) is 31.2 Å². The highest BCUT2D eigenvalue weighted by Crippen LogP contribution is 2.35. The number of hydrogen-bond donors (Lipinski definition) is 0. The van der Waals surface area contributed by atoms with Crippen LogP contribution in [0.3, 0.4) is 0 Å². The molecule has 1 aliphatic heterocycles. The molecule has 2 heterocycles. The molecule has 176 valence electrons. The summed E-state index contributed by atoms with van der Waals surface area (Å²) in [5.41, 5.74) is 3.00. The van der Waals surface area contributed by atoms with Crippen LogP contribution >= 0.6 is 11.3 Å². The summed E-state index contributed by atoms with van der Waals surface area (Å²) in [4.78, 5) is 14.6. The van der Waals surface area contributed by atoms with Crippen molar-refractivity contribution in [2.24, 2.45) is 0 Å². The van der Waals surface area contributed by atoms with Crippen molar-refractivity contribution in [3.63, 3.8) is 0 Å². The van der Waals surface area contributed by atoms with Crippen LogP contribution in [0.2, 0.25) is 0 Å². The molecular formula is C29H24O5S. The number of fused-ring (bicyclic) bond motifs is 1. The summed E-state index contributed by atoms with van der Waals surface area (Å²) in [5, 5.41) is 0. The molecule has 0 N–H and O–H groups in total. The third-order valence-electron chi connectivity index (χ3n) is 5.60. The first-order valence-electron chi connectivity index (χ1n) is 11.2. The number of ketones is 1. The first kappa shape index (κ1) is 22.7. The van der Waals surface area contributed by atoms with Crippen molar-refractivity contribution in [3.8, 4) is 23.0 Å². The van der Waals surface area contributed by atoms with E-state index in [9.17, 15) is 4.79 Å². The quantitative estimate of drug-likeness (QED) is 0.199. The first-order valence-corrected chi connectivity index (χ1v) is 12.0. The van der Waals surface area contributed by atoms with Crippen molar-refractivity contribution in [1.29, 1.82) is 0 Å². The zero-order valence-electron chi connectivity index (χ0n) is 19.2. The van der Waals surface area contributed by atoms with Crippen LogP contribution in [-0.2, 0) is 13.0 Å². The van der Waals surface area contributed by atoms with Gasteiger partial charge in [0.2, 0.25) is 6.79 Å². The molecule has 4 aromatic rings. The highest BCUT2D eigenvalue weighted by molar-refractivity contribution is 7.14. The van der Waals surface area contributed by atoms with Crippen LogP contribution in [0.4, 0.5) is 0 Å². The minimum atomic E-state index is -0.0108. The Bertz CT molecular complexity index is 1360. The lowest BCUT2D eigenvalue weighted by Crippen LogP contribution is -1.99. The Kier molecular flexibility index (Phi) is 6.82. The van der Waals surface area contributed by atoms with E-state index < -0.39 is 0 Å². The number of hydrogen-bond acceptors (Lipinski definition) is 6. The minimum absolute atomic E-state index is 0.0108. The van der Waals surface area contributed by atoms with Gasteiger partial charge < -0.3 is 18.9 Å². The van der Waals surface area contributed by atoms with Gasteiger partial charge in [-0.05, 0) is 53.6 Å². The molecule has 0 amide bonds. The third kappa shape index (κ3) is 5.55. The molecule has 1 aliphatic rings. The molecule has 6 heteroatoms. The van der Waals surface area contributed by atoms with Crippen molar-refractivity contribution >= 4 is 23.2 Å². The molecule has 0 saturated heterocycles. The largest absolute Gasteiger partial charge is 0.496 e. The van der Waals surface area contributed by atoms with Gasteiger partial charge in [0, 0.05) is 22.9 Å². The van der Waals surface area contributed by atoms with E-state index in [-0.39, 0.29) is 12.6 Å². The highest BCUT2D eigenvalue weighted by Gasteiger charge is 2.14. The molecule has 5 nitrogen and oxygen atoms in total. The van der Waals surface area contributed by atoms with Gasteiger partial charge in [-0.1, -0.05) is 42.5 Å². The van der Waals surface area contributed by atoms with Gasteiger partial charge in [-0.15, -0.1) is 11.3 Å². The average molecular weight is 485 g/mol. The molecule has 0 atom stereocenters. The number of ether oxygens (including phenoxy) is 4. The third-order valence-corrected chi connectivity index (χ3v) is 6.70. The molecule has 1 aromatic heterocycles. The normalized spacial score (nSPS) is 12.1. The van der Waals surface area contributed by atoms with E-state index in [1.165, 1.54) is 21.8 Å².